The highest BCUT2D eigenvalue weighted by atomic mass is 16.7. The van der Waals surface area contributed by atoms with E-state index in [4.69, 9.17) is 9.47 Å². The van der Waals surface area contributed by atoms with Gasteiger partial charge in [0, 0.05) is 18.5 Å². The topological polar surface area (TPSA) is 127 Å². The monoisotopic (exact) mass is 549 g/mol. The summed E-state index contributed by atoms with van der Waals surface area (Å²) in [7, 11) is 0. The van der Waals surface area contributed by atoms with Gasteiger partial charge in [-0.2, -0.15) is 5.21 Å². The van der Waals surface area contributed by atoms with Crippen molar-refractivity contribution in [1.29, 1.82) is 0 Å². The number of nitrogens with zero attached hydrogens (tertiary/aromatic N) is 4. The first-order valence-corrected chi connectivity index (χ1v) is 13.6. The Balaban J connectivity index is 1.82. The van der Waals surface area contributed by atoms with Crippen molar-refractivity contribution in [1.82, 2.24) is 25.5 Å². The van der Waals surface area contributed by atoms with E-state index in [-0.39, 0.29) is 18.4 Å². The second kappa shape index (κ2) is 13.8. The zero-order valence-corrected chi connectivity index (χ0v) is 24.1. The molecule has 1 amide bonds. The Labute approximate surface area is 235 Å². The van der Waals surface area contributed by atoms with E-state index in [9.17, 15) is 14.4 Å². The minimum absolute atomic E-state index is 0.129. The Morgan fingerprint density at radius 1 is 0.975 bits per heavy atom. The average molecular weight is 550 g/mol. The predicted octanol–water partition coefficient (Wildman–Crippen LogP) is 5.17. The number of aromatic nitrogens is 4. The lowest BCUT2D eigenvalue weighted by Gasteiger charge is -2.33. The fourth-order valence-electron chi connectivity index (χ4n) is 4.21. The number of H-pyrrole nitrogens is 1. The number of tetrazole rings is 1. The van der Waals surface area contributed by atoms with E-state index in [0.717, 1.165) is 28.7 Å². The van der Waals surface area contributed by atoms with Crippen LogP contribution in [0.3, 0.4) is 0 Å². The Hall–Kier alpha value is -4.08. The number of unbranched alkanes of at least 4 members (excludes halogenated alkanes) is 1. The van der Waals surface area contributed by atoms with Crippen molar-refractivity contribution in [3.8, 4) is 22.5 Å². The number of nitrogens with one attached hydrogen (secondary N) is 1. The number of ether oxygens (including phenoxy) is 2. The summed E-state index contributed by atoms with van der Waals surface area (Å²) < 4.78 is 10.5. The SMILES string of the molecule is CCCCC(=O)N(Cc1ccc(-c2ccccc2-c2nn[nH]n2)cc1)[C@H](C(=O)OCOC(=O)C(C)(C)C)C(C)C. The molecule has 0 aliphatic carbocycles. The van der Waals surface area contributed by atoms with Crippen molar-refractivity contribution in [3.63, 3.8) is 0 Å². The summed E-state index contributed by atoms with van der Waals surface area (Å²) in [5.41, 5.74) is 2.89. The van der Waals surface area contributed by atoms with Crippen molar-refractivity contribution in [2.75, 3.05) is 6.79 Å². The van der Waals surface area contributed by atoms with Crippen molar-refractivity contribution >= 4 is 17.8 Å². The summed E-state index contributed by atoms with van der Waals surface area (Å²) >= 11 is 0. The Morgan fingerprint density at radius 3 is 2.23 bits per heavy atom. The summed E-state index contributed by atoms with van der Waals surface area (Å²) in [6.07, 6.45) is 1.89. The highest BCUT2D eigenvalue weighted by Crippen LogP contribution is 2.30. The van der Waals surface area contributed by atoms with E-state index in [1.165, 1.54) is 0 Å². The quantitative estimate of drug-likeness (QED) is 0.242. The van der Waals surface area contributed by atoms with E-state index >= 15 is 0 Å². The van der Waals surface area contributed by atoms with Crippen LogP contribution < -0.4 is 0 Å². The number of hydrogen-bond donors (Lipinski definition) is 1. The second-order valence-electron chi connectivity index (χ2n) is 11.1. The summed E-state index contributed by atoms with van der Waals surface area (Å²) in [4.78, 5) is 40.2. The highest BCUT2D eigenvalue weighted by Gasteiger charge is 2.34. The molecule has 3 rings (SSSR count). The van der Waals surface area contributed by atoms with Gasteiger partial charge in [-0.05, 0) is 55.0 Å². The van der Waals surface area contributed by atoms with Gasteiger partial charge in [0.25, 0.3) is 0 Å². The standard InChI is InChI=1S/C30H39N5O5/c1-7-8-13-25(36)35(26(20(2)3)28(37)39-19-40-29(38)30(4,5)6)18-21-14-16-22(17-15-21)23-11-9-10-12-24(23)27-31-33-34-32-27/h9-12,14-17,20,26H,7-8,13,18-19H2,1-6H3,(H,31,32,33,34)/t26-/m0/s1. The minimum Gasteiger partial charge on any atom is -0.427 e. The number of carbonyl (C=O) groups is 3. The molecule has 1 aromatic heterocycles. The lowest BCUT2D eigenvalue weighted by molar-refractivity contribution is -0.178. The molecule has 0 saturated carbocycles. The molecule has 0 saturated heterocycles. The van der Waals surface area contributed by atoms with E-state index < -0.39 is 30.2 Å². The van der Waals surface area contributed by atoms with Crippen LogP contribution in [0.2, 0.25) is 0 Å². The van der Waals surface area contributed by atoms with Crippen LogP contribution in [0.1, 0.15) is 66.4 Å². The van der Waals surface area contributed by atoms with Gasteiger partial charge in [-0.25, -0.2) is 4.79 Å². The van der Waals surface area contributed by atoms with Crippen LogP contribution in [0.5, 0.6) is 0 Å². The molecule has 1 N–H and O–H groups in total. The third-order valence-electron chi connectivity index (χ3n) is 6.41. The molecule has 0 bridgehead atoms. The summed E-state index contributed by atoms with van der Waals surface area (Å²) in [5.74, 6) is -0.933. The van der Waals surface area contributed by atoms with Gasteiger partial charge in [-0.3, -0.25) is 9.59 Å². The van der Waals surface area contributed by atoms with Crippen molar-refractivity contribution in [2.24, 2.45) is 11.3 Å². The number of esters is 2. The molecule has 214 valence electrons. The van der Waals surface area contributed by atoms with Gasteiger partial charge in [-0.15, -0.1) is 10.2 Å². The number of carbonyl (C=O) groups excluding carboxylic acids is 3. The number of hydrogen-bond acceptors (Lipinski definition) is 8. The van der Waals surface area contributed by atoms with Crippen molar-refractivity contribution in [3.05, 3.63) is 54.1 Å². The van der Waals surface area contributed by atoms with Gasteiger partial charge < -0.3 is 14.4 Å². The molecular weight excluding hydrogens is 510 g/mol. The molecule has 2 aromatic carbocycles. The Kier molecular flexibility index (Phi) is 10.5. The van der Waals surface area contributed by atoms with Gasteiger partial charge in [-0.1, -0.05) is 75.7 Å². The summed E-state index contributed by atoms with van der Waals surface area (Å²) in [5, 5.41) is 14.4. The van der Waals surface area contributed by atoms with E-state index in [2.05, 4.69) is 20.6 Å². The van der Waals surface area contributed by atoms with E-state index in [1.807, 2.05) is 69.3 Å². The van der Waals surface area contributed by atoms with Crippen molar-refractivity contribution < 1.29 is 23.9 Å². The maximum absolute atomic E-state index is 13.3. The van der Waals surface area contributed by atoms with Crippen molar-refractivity contribution in [2.45, 2.75) is 73.4 Å². The molecule has 1 atom stereocenters. The van der Waals surface area contributed by atoms with Crippen LogP contribution in [0, 0.1) is 11.3 Å². The van der Waals surface area contributed by atoms with Gasteiger partial charge in [0.05, 0.1) is 5.41 Å². The first-order valence-electron chi connectivity index (χ1n) is 13.6. The zero-order chi connectivity index (χ0) is 29.3. The first-order chi connectivity index (χ1) is 19.0. The molecule has 0 aliphatic rings. The third-order valence-corrected chi connectivity index (χ3v) is 6.41. The second-order valence-corrected chi connectivity index (χ2v) is 11.1. The average Bonchev–Trinajstić information content (AvgIpc) is 3.46. The van der Waals surface area contributed by atoms with Crippen LogP contribution in [-0.2, 0) is 30.4 Å². The number of aromatic amines is 1. The predicted molar refractivity (Wildman–Crippen MR) is 150 cm³/mol. The molecule has 10 heteroatoms. The lowest BCUT2D eigenvalue weighted by atomic mass is 9.97. The number of amides is 1. The van der Waals surface area contributed by atoms with Crippen LogP contribution in [-0.4, -0.2) is 56.2 Å². The molecule has 0 spiro atoms. The Bertz CT molecular complexity index is 1270. The fraction of sp³-hybridized carbons (Fsp3) is 0.467. The largest absolute Gasteiger partial charge is 0.427 e. The molecule has 3 aromatic rings. The Morgan fingerprint density at radius 2 is 1.65 bits per heavy atom. The highest BCUT2D eigenvalue weighted by molar-refractivity contribution is 5.85. The fourth-order valence-corrected chi connectivity index (χ4v) is 4.21. The maximum Gasteiger partial charge on any atom is 0.332 e. The maximum atomic E-state index is 13.3. The molecule has 10 nitrogen and oxygen atoms in total. The molecule has 0 aliphatic heterocycles. The molecule has 0 radical (unpaired) electrons. The van der Waals surface area contributed by atoms with Crippen LogP contribution in [0.25, 0.3) is 22.5 Å². The normalized spacial score (nSPS) is 12.2. The van der Waals surface area contributed by atoms with Crippen LogP contribution in [0.4, 0.5) is 0 Å². The smallest absolute Gasteiger partial charge is 0.332 e. The lowest BCUT2D eigenvalue weighted by Crippen LogP contribution is -2.48. The zero-order valence-electron chi connectivity index (χ0n) is 24.1. The van der Waals surface area contributed by atoms with Gasteiger partial charge in [0.15, 0.2) is 0 Å². The third kappa shape index (κ3) is 7.97. The number of benzene rings is 2. The molecule has 0 fully saturated rings. The van der Waals surface area contributed by atoms with Crippen LogP contribution >= 0.6 is 0 Å². The summed E-state index contributed by atoms with van der Waals surface area (Å²) in [6, 6.07) is 14.8. The molecular formula is C30H39N5O5. The van der Waals surface area contributed by atoms with Gasteiger partial charge in [0.1, 0.15) is 6.04 Å². The molecule has 40 heavy (non-hydrogen) atoms. The van der Waals surface area contributed by atoms with Gasteiger partial charge >= 0.3 is 11.9 Å². The van der Waals surface area contributed by atoms with Gasteiger partial charge in [0.2, 0.25) is 18.5 Å². The van der Waals surface area contributed by atoms with E-state index in [1.54, 1.807) is 25.7 Å². The first kappa shape index (κ1) is 30.5. The van der Waals surface area contributed by atoms with E-state index in [0.29, 0.717) is 18.7 Å². The molecule has 1 heterocycles. The minimum atomic E-state index is -0.837. The van der Waals surface area contributed by atoms with Crippen LogP contribution in [0.15, 0.2) is 48.5 Å². The molecule has 0 unspecified atom stereocenters. The number of rotatable bonds is 12. The summed E-state index contributed by atoms with van der Waals surface area (Å²) in [6.45, 7) is 10.6.